The summed E-state index contributed by atoms with van der Waals surface area (Å²) in [6.45, 7) is 0. The number of halogens is 1. The molecule has 0 atom stereocenters. The molecule has 4 heteroatoms. The third-order valence-electron chi connectivity index (χ3n) is 4.23. The average Bonchev–Trinajstić information content (AvgIpc) is 2.99. The Hall–Kier alpha value is -3.14. The van der Waals surface area contributed by atoms with Crippen molar-refractivity contribution in [2.45, 2.75) is 0 Å². The minimum atomic E-state index is -0.425. The molecule has 0 saturated heterocycles. The van der Waals surface area contributed by atoms with Gasteiger partial charge in [-0.2, -0.15) is 0 Å². The summed E-state index contributed by atoms with van der Waals surface area (Å²) in [4.78, 5) is 15.8. The second kappa shape index (κ2) is 5.49. The number of hydrogen-bond acceptors (Lipinski definition) is 2. The predicted molar refractivity (Wildman–Crippen MR) is 92.5 cm³/mol. The molecule has 0 bridgehead atoms. The van der Waals surface area contributed by atoms with Crippen LogP contribution >= 0.6 is 0 Å². The highest BCUT2D eigenvalue weighted by atomic mass is 19.1. The Balaban J connectivity index is 2.08. The lowest BCUT2D eigenvalue weighted by Crippen LogP contribution is -2.05. The first-order valence-corrected chi connectivity index (χ1v) is 7.56. The normalized spacial score (nSPS) is 11.1. The van der Waals surface area contributed by atoms with E-state index in [0.717, 1.165) is 27.4 Å². The van der Waals surface area contributed by atoms with Crippen LogP contribution in [0.25, 0.3) is 32.9 Å². The highest BCUT2D eigenvalue weighted by Crippen LogP contribution is 2.34. The van der Waals surface area contributed by atoms with Gasteiger partial charge in [-0.25, -0.2) is 9.18 Å². The fourth-order valence-electron chi connectivity index (χ4n) is 3.10. The van der Waals surface area contributed by atoms with Gasteiger partial charge in [0, 0.05) is 16.3 Å². The molecular formula is C20H14FNO2. The van der Waals surface area contributed by atoms with Crippen LogP contribution in [0.3, 0.4) is 0 Å². The highest BCUT2D eigenvalue weighted by Gasteiger charge is 2.20. The molecule has 4 rings (SSSR count). The highest BCUT2D eigenvalue weighted by molar-refractivity contribution is 6.17. The van der Waals surface area contributed by atoms with E-state index in [4.69, 9.17) is 4.74 Å². The lowest BCUT2D eigenvalue weighted by molar-refractivity contribution is 0.0603. The molecule has 24 heavy (non-hydrogen) atoms. The number of fused-ring (bicyclic) bond motifs is 3. The zero-order valence-electron chi connectivity index (χ0n) is 13.0. The van der Waals surface area contributed by atoms with Gasteiger partial charge in [0.1, 0.15) is 5.82 Å². The van der Waals surface area contributed by atoms with Gasteiger partial charge < -0.3 is 9.72 Å². The number of carbonyl (C=O) groups is 1. The number of benzene rings is 3. The monoisotopic (exact) mass is 319 g/mol. The smallest absolute Gasteiger partial charge is 0.340 e. The van der Waals surface area contributed by atoms with Gasteiger partial charge in [-0.15, -0.1) is 0 Å². The maximum Gasteiger partial charge on any atom is 0.340 e. The molecule has 0 unspecified atom stereocenters. The van der Waals surface area contributed by atoms with Crippen LogP contribution < -0.4 is 0 Å². The number of hydrogen-bond donors (Lipinski definition) is 1. The van der Waals surface area contributed by atoms with Crippen LogP contribution in [0, 0.1) is 5.82 Å². The minimum Gasteiger partial charge on any atom is -0.465 e. The number of esters is 1. The quantitative estimate of drug-likeness (QED) is 0.533. The van der Waals surface area contributed by atoms with Gasteiger partial charge >= 0.3 is 5.97 Å². The molecule has 4 aromatic rings. The largest absolute Gasteiger partial charge is 0.465 e. The molecule has 0 radical (unpaired) electrons. The summed E-state index contributed by atoms with van der Waals surface area (Å²) in [7, 11) is 1.36. The van der Waals surface area contributed by atoms with Gasteiger partial charge in [-0.1, -0.05) is 42.5 Å². The molecule has 0 saturated carbocycles. The third kappa shape index (κ3) is 2.15. The van der Waals surface area contributed by atoms with Crippen molar-refractivity contribution in [1.29, 1.82) is 0 Å². The number of ether oxygens (including phenoxy) is 1. The Morgan fingerprint density at radius 1 is 0.958 bits per heavy atom. The molecule has 0 amide bonds. The molecule has 3 nitrogen and oxygen atoms in total. The van der Waals surface area contributed by atoms with E-state index in [9.17, 15) is 9.18 Å². The summed E-state index contributed by atoms with van der Waals surface area (Å²) in [6, 6.07) is 17.8. The van der Waals surface area contributed by atoms with Crippen LogP contribution in [0.5, 0.6) is 0 Å². The van der Waals surface area contributed by atoms with Crippen LogP contribution in [0.2, 0.25) is 0 Å². The van der Waals surface area contributed by atoms with Crippen molar-refractivity contribution in [3.05, 3.63) is 72.0 Å². The molecule has 0 spiro atoms. The molecule has 118 valence electrons. The Morgan fingerprint density at radius 2 is 1.71 bits per heavy atom. The summed E-state index contributed by atoms with van der Waals surface area (Å²) in [6.07, 6.45) is 0. The molecule has 0 aliphatic heterocycles. The van der Waals surface area contributed by atoms with Gasteiger partial charge in [-0.05, 0) is 29.3 Å². The van der Waals surface area contributed by atoms with Crippen molar-refractivity contribution in [2.24, 2.45) is 0 Å². The summed E-state index contributed by atoms with van der Waals surface area (Å²) in [5.74, 6) is -0.739. The van der Waals surface area contributed by atoms with E-state index in [1.807, 2.05) is 36.4 Å². The van der Waals surface area contributed by atoms with Gasteiger partial charge in [0.15, 0.2) is 0 Å². The molecular weight excluding hydrogens is 305 g/mol. The van der Waals surface area contributed by atoms with Crippen molar-refractivity contribution >= 4 is 27.8 Å². The lowest BCUT2D eigenvalue weighted by Gasteiger charge is -2.10. The van der Waals surface area contributed by atoms with E-state index in [1.54, 1.807) is 12.1 Å². The standard InChI is InChI=1S/C20H14FNO2/c1-24-20(23)18-14(12-6-8-13(21)9-7-12)10-11-16-15-4-2-3-5-17(15)22-19(16)18/h2-11,22H,1H3. The molecule has 3 aromatic carbocycles. The molecule has 0 fully saturated rings. The molecule has 1 heterocycles. The Bertz CT molecular complexity index is 1060. The number of aromatic nitrogens is 1. The first kappa shape index (κ1) is 14.5. The van der Waals surface area contributed by atoms with Crippen LogP contribution in [0.15, 0.2) is 60.7 Å². The number of nitrogens with one attached hydrogen (secondary N) is 1. The van der Waals surface area contributed by atoms with Gasteiger partial charge in [0.2, 0.25) is 0 Å². The fraction of sp³-hybridized carbons (Fsp3) is 0.0500. The van der Waals surface area contributed by atoms with E-state index in [1.165, 1.54) is 19.2 Å². The van der Waals surface area contributed by atoms with Crippen LogP contribution in [0.4, 0.5) is 4.39 Å². The summed E-state index contributed by atoms with van der Waals surface area (Å²) >= 11 is 0. The molecule has 1 N–H and O–H groups in total. The third-order valence-corrected chi connectivity index (χ3v) is 4.23. The fourth-order valence-corrected chi connectivity index (χ4v) is 3.10. The van der Waals surface area contributed by atoms with Gasteiger partial charge in [0.05, 0.1) is 18.2 Å². The number of para-hydroxylation sites is 1. The number of methoxy groups -OCH3 is 1. The first-order valence-electron chi connectivity index (χ1n) is 7.56. The van der Waals surface area contributed by atoms with E-state index in [0.29, 0.717) is 11.1 Å². The van der Waals surface area contributed by atoms with E-state index >= 15 is 0 Å². The van der Waals surface area contributed by atoms with Crippen LogP contribution in [-0.4, -0.2) is 18.1 Å². The van der Waals surface area contributed by atoms with Gasteiger partial charge in [-0.3, -0.25) is 0 Å². The van der Waals surface area contributed by atoms with Gasteiger partial charge in [0.25, 0.3) is 0 Å². The molecule has 0 aliphatic carbocycles. The Kier molecular flexibility index (Phi) is 3.31. The predicted octanol–water partition coefficient (Wildman–Crippen LogP) is 4.91. The van der Waals surface area contributed by atoms with Crippen molar-refractivity contribution in [1.82, 2.24) is 4.98 Å². The van der Waals surface area contributed by atoms with Crippen molar-refractivity contribution in [2.75, 3.05) is 7.11 Å². The summed E-state index contributed by atoms with van der Waals surface area (Å²) in [5, 5.41) is 2.00. The lowest BCUT2D eigenvalue weighted by atomic mass is 9.97. The average molecular weight is 319 g/mol. The van der Waals surface area contributed by atoms with Crippen LogP contribution in [0.1, 0.15) is 10.4 Å². The van der Waals surface area contributed by atoms with Crippen molar-refractivity contribution in [3.63, 3.8) is 0 Å². The Morgan fingerprint density at radius 3 is 2.46 bits per heavy atom. The molecule has 0 aliphatic rings. The zero-order chi connectivity index (χ0) is 16.7. The first-order chi connectivity index (χ1) is 11.7. The Labute approximate surface area is 137 Å². The van der Waals surface area contributed by atoms with E-state index < -0.39 is 5.97 Å². The maximum atomic E-state index is 13.2. The number of aromatic amines is 1. The SMILES string of the molecule is COC(=O)c1c(-c2ccc(F)cc2)ccc2c1[nH]c1ccccc12. The minimum absolute atomic E-state index is 0.315. The zero-order valence-corrected chi connectivity index (χ0v) is 13.0. The molecule has 1 aromatic heterocycles. The topological polar surface area (TPSA) is 42.1 Å². The van der Waals surface area contributed by atoms with E-state index in [-0.39, 0.29) is 5.82 Å². The number of rotatable bonds is 2. The number of H-pyrrole nitrogens is 1. The second-order valence-corrected chi connectivity index (χ2v) is 5.58. The maximum absolute atomic E-state index is 13.2. The van der Waals surface area contributed by atoms with Crippen molar-refractivity contribution in [3.8, 4) is 11.1 Å². The summed E-state index contributed by atoms with van der Waals surface area (Å²) in [5.41, 5.74) is 3.61. The van der Waals surface area contributed by atoms with Crippen LogP contribution in [-0.2, 0) is 4.74 Å². The summed E-state index contributed by atoms with van der Waals surface area (Å²) < 4.78 is 18.2. The van der Waals surface area contributed by atoms with Crippen molar-refractivity contribution < 1.29 is 13.9 Å². The second-order valence-electron chi connectivity index (χ2n) is 5.58. The van der Waals surface area contributed by atoms with E-state index in [2.05, 4.69) is 4.98 Å². The number of carbonyl (C=O) groups excluding carboxylic acids is 1.